The molecule has 0 radical (unpaired) electrons. The first-order valence-electron chi connectivity index (χ1n) is 6.45. The molecule has 2 rings (SSSR count). The molecule has 0 aromatic carbocycles. The third-order valence-electron chi connectivity index (χ3n) is 3.23. The summed E-state index contributed by atoms with van der Waals surface area (Å²) in [5.74, 6) is -0.221. The zero-order valence-corrected chi connectivity index (χ0v) is 10.7. The predicted octanol–water partition coefficient (Wildman–Crippen LogP) is 0.853. The van der Waals surface area contributed by atoms with Crippen LogP contribution in [0.3, 0.4) is 0 Å². The zero-order valence-electron chi connectivity index (χ0n) is 10.7. The van der Waals surface area contributed by atoms with E-state index in [1.54, 1.807) is 0 Å². The van der Waals surface area contributed by atoms with Gasteiger partial charge in [0.15, 0.2) is 5.69 Å². The molecular formula is C12H20N4O2. The molecule has 0 bridgehead atoms. The number of carbonyl (C=O) groups is 1. The van der Waals surface area contributed by atoms with Crippen LogP contribution in [-0.4, -0.2) is 35.4 Å². The number of aryl methyl sites for hydroxylation is 1. The number of nitrogens with two attached hydrogens (primary N) is 1. The molecule has 6 heteroatoms. The fourth-order valence-corrected chi connectivity index (χ4v) is 2.13. The van der Waals surface area contributed by atoms with Crippen molar-refractivity contribution in [2.45, 2.75) is 38.7 Å². The van der Waals surface area contributed by atoms with Crippen molar-refractivity contribution in [2.75, 3.05) is 18.9 Å². The lowest BCUT2D eigenvalue weighted by Gasteiger charge is -2.09. The minimum absolute atomic E-state index is 0.221. The molecule has 1 aliphatic heterocycles. The Morgan fingerprint density at radius 2 is 2.50 bits per heavy atom. The summed E-state index contributed by atoms with van der Waals surface area (Å²) in [7, 11) is 0. The van der Waals surface area contributed by atoms with E-state index in [1.165, 1.54) is 0 Å². The van der Waals surface area contributed by atoms with Gasteiger partial charge in [0.05, 0.1) is 17.5 Å². The fraction of sp³-hybridized carbons (Fsp3) is 0.667. The minimum Gasteiger partial charge on any atom is -0.395 e. The van der Waals surface area contributed by atoms with Crippen molar-refractivity contribution in [3.63, 3.8) is 0 Å². The van der Waals surface area contributed by atoms with Crippen molar-refractivity contribution in [1.29, 1.82) is 0 Å². The van der Waals surface area contributed by atoms with Gasteiger partial charge in [-0.05, 0) is 25.7 Å². The average Bonchev–Trinajstić information content (AvgIpc) is 2.98. The Hall–Kier alpha value is -1.56. The predicted molar refractivity (Wildman–Crippen MR) is 68.3 cm³/mol. The number of nitrogens with one attached hydrogen (secondary N) is 2. The summed E-state index contributed by atoms with van der Waals surface area (Å²) in [5.41, 5.74) is 7.38. The highest BCUT2D eigenvalue weighted by Crippen LogP contribution is 2.16. The average molecular weight is 252 g/mol. The van der Waals surface area contributed by atoms with Crippen LogP contribution in [-0.2, 0) is 11.2 Å². The molecule has 4 N–H and O–H groups in total. The van der Waals surface area contributed by atoms with Crippen LogP contribution >= 0.6 is 0 Å². The summed E-state index contributed by atoms with van der Waals surface area (Å²) in [6.45, 7) is 3.39. The largest absolute Gasteiger partial charge is 0.395 e. The second kappa shape index (κ2) is 5.86. The Labute approximate surface area is 106 Å². The molecule has 1 amide bonds. The summed E-state index contributed by atoms with van der Waals surface area (Å²) in [6.07, 6.45) is 4.07. The minimum atomic E-state index is -0.221. The van der Waals surface area contributed by atoms with Gasteiger partial charge in [-0.2, -0.15) is 5.10 Å². The number of hydrogen-bond donors (Lipinski definition) is 3. The van der Waals surface area contributed by atoms with Gasteiger partial charge >= 0.3 is 0 Å². The van der Waals surface area contributed by atoms with Crippen molar-refractivity contribution >= 4 is 11.6 Å². The van der Waals surface area contributed by atoms with E-state index in [4.69, 9.17) is 10.5 Å². The summed E-state index contributed by atoms with van der Waals surface area (Å²) < 4.78 is 5.49. The molecule has 1 unspecified atom stereocenters. The molecule has 0 saturated carbocycles. The Morgan fingerprint density at radius 1 is 1.67 bits per heavy atom. The highest BCUT2D eigenvalue weighted by atomic mass is 16.5. The molecule has 1 aromatic rings. The van der Waals surface area contributed by atoms with Gasteiger partial charge in [-0.15, -0.1) is 0 Å². The molecule has 18 heavy (non-hydrogen) atoms. The second-order valence-corrected chi connectivity index (χ2v) is 4.50. The Bertz CT molecular complexity index is 410. The number of nitrogens with zero attached hydrogens (tertiary/aromatic N) is 1. The molecular weight excluding hydrogens is 232 g/mol. The van der Waals surface area contributed by atoms with E-state index in [1.807, 2.05) is 6.92 Å². The van der Waals surface area contributed by atoms with Crippen molar-refractivity contribution < 1.29 is 9.53 Å². The van der Waals surface area contributed by atoms with E-state index in [-0.39, 0.29) is 12.0 Å². The van der Waals surface area contributed by atoms with E-state index < -0.39 is 0 Å². The number of aromatic nitrogens is 2. The van der Waals surface area contributed by atoms with Gasteiger partial charge in [0.25, 0.3) is 5.91 Å². The lowest BCUT2D eigenvalue weighted by atomic mass is 10.2. The van der Waals surface area contributed by atoms with Gasteiger partial charge in [0.2, 0.25) is 0 Å². The molecule has 1 aliphatic rings. The highest BCUT2D eigenvalue weighted by Gasteiger charge is 2.18. The monoisotopic (exact) mass is 252 g/mol. The molecule has 6 nitrogen and oxygen atoms in total. The first-order valence-corrected chi connectivity index (χ1v) is 6.45. The number of ether oxygens (including phenoxy) is 1. The number of aromatic amines is 1. The lowest BCUT2D eigenvalue weighted by molar-refractivity contribution is 0.0904. The zero-order chi connectivity index (χ0) is 13.0. The van der Waals surface area contributed by atoms with Crippen molar-refractivity contribution in [2.24, 2.45) is 0 Å². The van der Waals surface area contributed by atoms with Crippen LogP contribution in [0.25, 0.3) is 0 Å². The number of carbonyl (C=O) groups excluding carboxylic acids is 1. The van der Waals surface area contributed by atoms with Crippen LogP contribution in [0, 0.1) is 0 Å². The maximum Gasteiger partial charge on any atom is 0.273 e. The first-order chi connectivity index (χ1) is 8.72. The third kappa shape index (κ3) is 2.81. The van der Waals surface area contributed by atoms with Crippen LogP contribution in [0.2, 0.25) is 0 Å². The Kier molecular flexibility index (Phi) is 4.19. The number of H-pyrrole nitrogens is 1. The van der Waals surface area contributed by atoms with Gasteiger partial charge in [0, 0.05) is 13.2 Å². The Balaban J connectivity index is 1.81. The lowest BCUT2D eigenvalue weighted by Crippen LogP contribution is -2.28. The van der Waals surface area contributed by atoms with Crippen LogP contribution in [0.4, 0.5) is 5.69 Å². The smallest absolute Gasteiger partial charge is 0.273 e. The third-order valence-corrected chi connectivity index (χ3v) is 3.23. The molecule has 0 spiro atoms. The fourth-order valence-electron chi connectivity index (χ4n) is 2.13. The van der Waals surface area contributed by atoms with Crippen LogP contribution in [0.1, 0.15) is 42.4 Å². The number of nitrogen functional groups attached to an aromatic ring is 1. The molecule has 1 aromatic heterocycles. The highest BCUT2D eigenvalue weighted by molar-refractivity contribution is 5.97. The summed E-state index contributed by atoms with van der Waals surface area (Å²) in [6, 6.07) is 0. The number of rotatable bonds is 5. The molecule has 100 valence electrons. The molecule has 2 heterocycles. The van der Waals surface area contributed by atoms with E-state index >= 15 is 0 Å². The Morgan fingerprint density at radius 3 is 3.11 bits per heavy atom. The number of hydrogen-bond acceptors (Lipinski definition) is 4. The first kappa shape index (κ1) is 12.9. The quantitative estimate of drug-likeness (QED) is 0.724. The second-order valence-electron chi connectivity index (χ2n) is 4.50. The van der Waals surface area contributed by atoms with E-state index in [0.29, 0.717) is 17.9 Å². The maximum absolute atomic E-state index is 11.9. The van der Waals surface area contributed by atoms with Gasteiger partial charge in [-0.1, -0.05) is 6.92 Å². The van der Waals surface area contributed by atoms with Crippen molar-refractivity contribution in [3.8, 4) is 0 Å². The van der Waals surface area contributed by atoms with Crippen LogP contribution in [0.5, 0.6) is 0 Å². The van der Waals surface area contributed by atoms with Crippen LogP contribution in [0.15, 0.2) is 0 Å². The van der Waals surface area contributed by atoms with E-state index in [9.17, 15) is 4.79 Å². The van der Waals surface area contributed by atoms with E-state index in [2.05, 4.69) is 15.5 Å². The van der Waals surface area contributed by atoms with Crippen molar-refractivity contribution in [1.82, 2.24) is 15.5 Å². The van der Waals surface area contributed by atoms with Gasteiger partial charge in [-0.25, -0.2) is 0 Å². The summed E-state index contributed by atoms with van der Waals surface area (Å²) in [4.78, 5) is 11.9. The molecule has 1 fully saturated rings. The standard InChI is InChI=1S/C12H20N4O2/c1-2-9-10(13)11(16-15-9)12(17)14-6-5-8-4-3-7-18-8/h8H,2-7,13H2,1H3,(H,14,17)(H,15,16). The van der Waals surface area contributed by atoms with Gasteiger partial charge in [-0.3, -0.25) is 9.89 Å². The van der Waals surface area contributed by atoms with Crippen molar-refractivity contribution in [3.05, 3.63) is 11.4 Å². The number of anilines is 1. The SMILES string of the molecule is CCc1[nH]nc(C(=O)NCCC2CCCO2)c1N. The normalized spacial score (nSPS) is 19.1. The van der Waals surface area contributed by atoms with Gasteiger partial charge < -0.3 is 15.8 Å². The van der Waals surface area contributed by atoms with E-state index in [0.717, 1.165) is 38.0 Å². The summed E-state index contributed by atoms with van der Waals surface area (Å²) in [5, 5.41) is 9.54. The maximum atomic E-state index is 11.9. The molecule has 1 saturated heterocycles. The molecule has 0 aliphatic carbocycles. The number of amides is 1. The van der Waals surface area contributed by atoms with Crippen LogP contribution < -0.4 is 11.1 Å². The van der Waals surface area contributed by atoms with Gasteiger partial charge in [0.1, 0.15) is 0 Å². The summed E-state index contributed by atoms with van der Waals surface area (Å²) >= 11 is 0. The molecule has 1 atom stereocenters. The topological polar surface area (TPSA) is 93.0 Å².